The average molecular weight is 184 g/mol. The molecule has 2 heteroatoms. The SMILES string of the molecule is C=C(/C=C\C(=C)C(C)(C)S)OC. The lowest BCUT2D eigenvalue weighted by Crippen LogP contribution is -2.11. The summed E-state index contributed by atoms with van der Waals surface area (Å²) in [6.07, 6.45) is 3.64. The van der Waals surface area contributed by atoms with E-state index in [1.165, 1.54) is 0 Å². The first-order chi connectivity index (χ1) is 5.38. The third-order valence-electron chi connectivity index (χ3n) is 1.52. The Labute approximate surface area is 80.2 Å². The van der Waals surface area contributed by atoms with Crippen molar-refractivity contribution in [2.75, 3.05) is 7.11 Å². The third-order valence-corrected chi connectivity index (χ3v) is 1.81. The summed E-state index contributed by atoms with van der Waals surface area (Å²) in [6.45, 7) is 11.5. The summed E-state index contributed by atoms with van der Waals surface area (Å²) in [5.74, 6) is 0.619. The van der Waals surface area contributed by atoms with Crippen LogP contribution in [0, 0.1) is 0 Å². The first-order valence-electron chi connectivity index (χ1n) is 3.70. The molecule has 0 aliphatic heterocycles. The first-order valence-corrected chi connectivity index (χ1v) is 4.15. The molecule has 0 radical (unpaired) electrons. The molecule has 0 aliphatic rings. The number of methoxy groups -OCH3 is 1. The lowest BCUT2D eigenvalue weighted by atomic mass is 10.0. The lowest BCUT2D eigenvalue weighted by Gasteiger charge is -2.17. The van der Waals surface area contributed by atoms with Gasteiger partial charge in [0.15, 0.2) is 0 Å². The van der Waals surface area contributed by atoms with Crippen molar-refractivity contribution in [3.63, 3.8) is 0 Å². The third kappa shape index (κ3) is 4.29. The summed E-state index contributed by atoms with van der Waals surface area (Å²) >= 11 is 4.36. The maximum absolute atomic E-state index is 4.87. The van der Waals surface area contributed by atoms with E-state index in [9.17, 15) is 0 Å². The van der Waals surface area contributed by atoms with E-state index in [1.54, 1.807) is 13.2 Å². The van der Waals surface area contributed by atoms with E-state index in [0.717, 1.165) is 5.57 Å². The average Bonchev–Trinajstić information content (AvgIpc) is 1.97. The van der Waals surface area contributed by atoms with Crippen molar-refractivity contribution in [2.24, 2.45) is 0 Å². The number of hydrogen-bond donors (Lipinski definition) is 1. The fourth-order valence-corrected chi connectivity index (χ4v) is 0.540. The van der Waals surface area contributed by atoms with Crippen LogP contribution in [0.15, 0.2) is 36.6 Å². The molecule has 0 atom stereocenters. The molecule has 0 aliphatic carbocycles. The highest BCUT2D eigenvalue weighted by Gasteiger charge is 2.12. The topological polar surface area (TPSA) is 9.23 Å². The largest absolute Gasteiger partial charge is 0.497 e. The van der Waals surface area contributed by atoms with Gasteiger partial charge in [-0.15, -0.1) is 0 Å². The molecule has 0 aromatic heterocycles. The van der Waals surface area contributed by atoms with Crippen molar-refractivity contribution in [3.8, 4) is 0 Å². The fourth-order valence-electron chi connectivity index (χ4n) is 0.466. The summed E-state index contributed by atoms with van der Waals surface area (Å²) in [6, 6.07) is 0. The minimum Gasteiger partial charge on any atom is -0.497 e. The van der Waals surface area contributed by atoms with Gasteiger partial charge in [0.2, 0.25) is 0 Å². The first kappa shape index (κ1) is 11.4. The van der Waals surface area contributed by atoms with Crippen LogP contribution in [0.5, 0.6) is 0 Å². The lowest BCUT2D eigenvalue weighted by molar-refractivity contribution is 0.309. The monoisotopic (exact) mass is 184 g/mol. The van der Waals surface area contributed by atoms with Gasteiger partial charge in [-0.1, -0.05) is 19.2 Å². The molecule has 1 nitrogen and oxygen atoms in total. The minimum atomic E-state index is -0.190. The van der Waals surface area contributed by atoms with Crippen LogP contribution in [0.3, 0.4) is 0 Å². The highest BCUT2D eigenvalue weighted by Crippen LogP contribution is 2.22. The number of allylic oxidation sites excluding steroid dienone is 2. The van der Waals surface area contributed by atoms with Crippen molar-refractivity contribution < 1.29 is 4.74 Å². The molecule has 0 rings (SSSR count). The van der Waals surface area contributed by atoms with Gasteiger partial charge in [-0.05, 0) is 25.5 Å². The van der Waals surface area contributed by atoms with E-state index in [4.69, 9.17) is 4.74 Å². The molecule has 0 fully saturated rings. The Hall–Kier alpha value is -0.630. The molecule has 0 N–H and O–H groups in total. The number of thiol groups is 1. The molecule has 68 valence electrons. The van der Waals surface area contributed by atoms with Gasteiger partial charge in [0.1, 0.15) is 5.76 Å². The van der Waals surface area contributed by atoms with Gasteiger partial charge in [0.25, 0.3) is 0 Å². The minimum absolute atomic E-state index is 0.190. The van der Waals surface area contributed by atoms with Crippen LogP contribution < -0.4 is 0 Å². The molecule has 0 heterocycles. The van der Waals surface area contributed by atoms with Crippen LogP contribution in [-0.2, 0) is 4.74 Å². The second-order valence-electron chi connectivity index (χ2n) is 3.09. The van der Waals surface area contributed by atoms with Gasteiger partial charge < -0.3 is 4.74 Å². The van der Waals surface area contributed by atoms with Crippen molar-refractivity contribution in [1.82, 2.24) is 0 Å². The molecule has 0 spiro atoms. The number of rotatable bonds is 4. The van der Waals surface area contributed by atoms with Crippen LogP contribution in [0.1, 0.15) is 13.8 Å². The van der Waals surface area contributed by atoms with Crippen LogP contribution in [-0.4, -0.2) is 11.9 Å². The number of ether oxygens (including phenoxy) is 1. The van der Waals surface area contributed by atoms with E-state index in [-0.39, 0.29) is 4.75 Å². The van der Waals surface area contributed by atoms with Crippen LogP contribution in [0.4, 0.5) is 0 Å². The summed E-state index contributed by atoms with van der Waals surface area (Å²) in [5.41, 5.74) is 0.934. The molecule has 0 bridgehead atoms. The van der Waals surface area contributed by atoms with Crippen molar-refractivity contribution in [2.45, 2.75) is 18.6 Å². The highest BCUT2D eigenvalue weighted by atomic mass is 32.1. The van der Waals surface area contributed by atoms with E-state index in [1.807, 2.05) is 19.9 Å². The Balaban J connectivity index is 4.19. The van der Waals surface area contributed by atoms with E-state index >= 15 is 0 Å². The maximum Gasteiger partial charge on any atom is 0.111 e. The molecule has 0 amide bonds. The van der Waals surface area contributed by atoms with E-state index in [2.05, 4.69) is 25.8 Å². The molecule has 0 saturated heterocycles. The van der Waals surface area contributed by atoms with Crippen molar-refractivity contribution in [1.29, 1.82) is 0 Å². The zero-order valence-electron chi connectivity index (χ0n) is 7.92. The van der Waals surface area contributed by atoms with Crippen molar-refractivity contribution >= 4 is 12.6 Å². The van der Waals surface area contributed by atoms with Crippen LogP contribution in [0.25, 0.3) is 0 Å². The quantitative estimate of drug-likeness (QED) is 0.401. The Bertz CT molecular complexity index is 208. The van der Waals surface area contributed by atoms with E-state index in [0.29, 0.717) is 5.76 Å². The van der Waals surface area contributed by atoms with Gasteiger partial charge in [0.05, 0.1) is 7.11 Å². The zero-order valence-corrected chi connectivity index (χ0v) is 8.82. The molecule has 12 heavy (non-hydrogen) atoms. The Kier molecular flexibility index (Phi) is 4.18. The standard InChI is InChI=1S/C10H16OS/c1-8(10(3,4)12)6-7-9(2)11-5/h6-7,12H,1-2H2,3-5H3/b7-6-. The normalized spacial score (nSPS) is 11.7. The zero-order chi connectivity index (χ0) is 9.78. The fraction of sp³-hybridized carbons (Fsp3) is 0.400. The summed E-state index contributed by atoms with van der Waals surface area (Å²) < 4.78 is 4.68. The Morgan fingerprint density at radius 2 is 1.83 bits per heavy atom. The van der Waals surface area contributed by atoms with Gasteiger partial charge in [0, 0.05) is 4.75 Å². The second-order valence-corrected chi connectivity index (χ2v) is 4.21. The maximum atomic E-state index is 4.87. The Morgan fingerprint density at radius 3 is 2.17 bits per heavy atom. The predicted octanol–water partition coefficient (Wildman–Crippen LogP) is 2.97. The number of hydrogen-bond acceptors (Lipinski definition) is 2. The predicted molar refractivity (Wildman–Crippen MR) is 57.5 cm³/mol. The van der Waals surface area contributed by atoms with Crippen molar-refractivity contribution in [3.05, 3.63) is 36.6 Å². The highest BCUT2D eigenvalue weighted by molar-refractivity contribution is 7.82. The van der Waals surface area contributed by atoms with Crippen LogP contribution in [0.2, 0.25) is 0 Å². The summed E-state index contributed by atoms with van der Waals surface area (Å²) in [4.78, 5) is 0. The van der Waals surface area contributed by atoms with Gasteiger partial charge >= 0.3 is 0 Å². The van der Waals surface area contributed by atoms with Gasteiger partial charge in [-0.2, -0.15) is 12.6 Å². The molecule has 0 aromatic rings. The van der Waals surface area contributed by atoms with Gasteiger partial charge in [-0.3, -0.25) is 0 Å². The van der Waals surface area contributed by atoms with Gasteiger partial charge in [-0.25, -0.2) is 0 Å². The molecular formula is C10H16OS. The Morgan fingerprint density at radius 1 is 1.33 bits per heavy atom. The second kappa shape index (κ2) is 4.41. The summed E-state index contributed by atoms with van der Waals surface area (Å²) in [5, 5.41) is 0. The molecular weight excluding hydrogens is 168 g/mol. The molecule has 0 saturated carbocycles. The molecule has 0 unspecified atom stereocenters. The summed E-state index contributed by atoms with van der Waals surface area (Å²) in [7, 11) is 1.58. The molecule has 0 aromatic carbocycles. The van der Waals surface area contributed by atoms with Crippen LogP contribution >= 0.6 is 12.6 Å². The smallest absolute Gasteiger partial charge is 0.111 e. The van der Waals surface area contributed by atoms with E-state index < -0.39 is 0 Å².